The highest BCUT2D eigenvalue weighted by atomic mass is 32.2. The molecule has 0 aliphatic rings. The van der Waals surface area contributed by atoms with E-state index in [-0.39, 0.29) is 11.9 Å². The first-order valence-electron chi connectivity index (χ1n) is 6.31. The maximum atomic E-state index is 11.7. The van der Waals surface area contributed by atoms with Gasteiger partial charge in [-0.25, -0.2) is 5.10 Å². The minimum Gasteiger partial charge on any atom is -0.463 e. The average molecular weight is 292 g/mol. The van der Waals surface area contributed by atoms with Crippen LogP contribution in [0.2, 0.25) is 0 Å². The molecule has 0 saturated heterocycles. The number of hydrogen-bond donors (Lipinski definition) is 2. The number of ether oxygens (including phenoxy) is 1. The minimum absolute atomic E-state index is 0.104. The molecule has 1 aromatic heterocycles. The van der Waals surface area contributed by atoms with E-state index in [1.807, 2.05) is 37.3 Å². The monoisotopic (exact) mass is 292 g/mol. The molecule has 2 N–H and O–H groups in total. The van der Waals surface area contributed by atoms with Crippen LogP contribution in [0.1, 0.15) is 13.3 Å². The summed E-state index contributed by atoms with van der Waals surface area (Å²) >= 11 is 1.64. The lowest BCUT2D eigenvalue weighted by Crippen LogP contribution is -2.13. The van der Waals surface area contributed by atoms with E-state index >= 15 is 0 Å². The third kappa shape index (κ3) is 4.58. The SMILES string of the molecule is CCOc1n[nH]c(NC(=O)CCSc2ccccc2)n1. The van der Waals surface area contributed by atoms with E-state index in [0.29, 0.717) is 24.7 Å². The highest BCUT2D eigenvalue weighted by Crippen LogP contribution is 2.17. The third-order valence-corrected chi connectivity index (χ3v) is 3.35. The number of nitrogens with zero attached hydrogens (tertiary/aromatic N) is 2. The smallest absolute Gasteiger partial charge is 0.337 e. The van der Waals surface area contributed by atoms with Gasteiger partial charge in [-0.15, -0.1) is 16.9 Å². The van der Waals surface area contributed by atoms with Crippen molar-refractivity contribution in [3.8, 4) is 6.01 Å². The molecule has 0 radical (unpaired) electrons. The van der Waals surface area contributed by atoms with Crippen molar-refractivity contribution in [3.63, 3.8) is 0 Å². The summed E-state index contributed by atoms with van der Waals surface area (Å²) in [6.45, 7) is 2.33. The van der Waals surface area contributed by atoms with Crippen molar-refractivity contribution in [2.45, 2.75) is 18.2 Å². The molecule has 0 spiro atoms. The lowest BCUT2D eigenvalue weighted by atomic mass is 10.4. The predicted molar refractivity (Wildman–Crippen MR) is 78.0 cm³/mol. The van der Waals surface area contributed by atoms with Gasteiger partial charge in [0.25, 0.3) is 0 Å². The Kier molecular flexibility index (Phi) is 5.43. The molecule has 0 aliphatic heterocycles. The van der Waals surface area contributed by atoms with Gasteiger partial charge in [-0.2, -0.15) is 4.98 Å². The Morgan fingerprint density at radius 2 is 2.20 bits per heavy atom. The number of H-pyrrole nitrogens is 1. The van der Waals surface area contributed by atoms with E-state index in [0.717, 1.165) is 4.90 Å². The quantitative estimate of drug-likeness (QED) is 0.766. The summed E-state index contributed by atoms with van der Waals surface area (Å²) < 4.78 is 5.10. The number of thioether (sulfide) groups is 1. The number of nitrogens with one attached hydrogen (secondary N) is 2. The molecule has 0 bridgehead atoms. The Balaban J connectivity index is 1.72. The van der Waals surface area contributed by atoms with Gasteiger partial charge in [0, 0.05) is 17.1 Å². The van der Waals surface area contributed by atoms with Crippen LogP contribution in [0.3, 0.4) is 0 Å². The molecule has 0 unspecified atom stereocenters. The maximum Gasteiger partial charge on any atom is 0.337 e. The molecule has 1 aromatic carbocycles. The number of aromatic nitrogens is 3. The second-order valence-electron chi connectivity index (χ2n) is 3.86. The van der Waals surface area contributed by atoms with Crippen LogP contribution in [-0.4, -0.2) is 33.4 Å². The van der Waals surface area contributed by atoms with Gasteiger partial charge in [0.2, 0.25) is 11.9 Å². The third-order valence-electron chi connectivity index (χ3n) is 2.34. The van der Waals surface area contributed by atoms with Crippen molar-refractivity contribution in [3.05, 3.63) is 30.3 Å². The number of rotatable bonds is 7. The predicted octanol–water partition coefficient (Wildman–Crippen LogP) is 2.32. The van der Waals surface area contributed by atoms with Gasteiger partial charge in [0.05, 0.1) is 6.61 Å². The first-order valence-corrected chi connectivity index (χ1v) is 7.29. The largest absolute Gasteiger partial charge is 0.463 e. The van der Waals surface area contributed by atoms with E-state index in [2.05, 4.69) is 20.5 Å². The molecule has 7 heteroatoms. The topological polar surface area (TPSA) is 79.9 Å². The van der Waals surface area contributed by atoms with Gasteiger partial charge in [0.15, 0.2) is 0 Å². The number of hydrogen-bond acceptors (Lipinski definition) is 5. The van der Waals surface area contributed by atoms with Crippen LogP contribution in [0, 0.1) is 0 Å². The molecular weight excluding hydrogens is 276 g/mol. The second kappa shape index (κ2) is 7.54. The summed E-state index contributed by atoms with van der Waals surface area (Å²) in [4.78, 5) is 16.8. The summed E-state index contributed by atoms with van der Waals surface area (Å²) in [7, 11) is 0. The number of anilines is 1. The van der Waals surface area contributed by atoms with Crippen LogP contribution < -0.4 is 10.1 Å². The molecule has 0 aliphatic carbocycles. The van der Waals surface area contributed by atoms with Crippen molar-refractivity contribution in [2.24, 2.45) is 0 Å². The van der Waals surface area contributed by atoms with Gasteiger partial charge in [-0.3, -0.25) is 10.1 Å². The second-order valence-corrected chi connectivity index (χ2v) is 5.03. The number of aromatic amines is 1. The zero-order valence-electron chi connectivity index (χ0n) is 11.1. The van der Waals surface area contributed by atoms with E-state index in [1.54, 1.807) is 11.8 Å². The minimum atomic E-state index is -0.104. The number of benzene rings is 1. The lowest BCUT2D eigenvalue weighted by Gasteiger charge is -2.02. The van der Waals surface area contributed by atoms with Crippen molar-refractivity contribution in [1.82, 2.24) is 15.2 Å². The number of carbonyl (C=O) groups is 1. The molecule has 6 nitrogen and oxygen atoms in total. The fraction of sp³-hybridized carbons (Fsp3) is 0.308. The molecule has 20 heavy (non-hydrogen) atoms. The molecule has 1 heterocycles. The summed E-state index contributed by atoms with van der Waals surface area (Å²) in [6.07, 6.45) is 0.407. The fourth-order valence-corrected chi connectivity index (χ4v) is 2.34. The Morgan fingerprint density at radius 3 is 2.95 bits per heavy atom. The van der Waals surface area contributed by atoms with Crippen LogP contribution in [0.15, 0.2) is 35.2 Å². The summed E-state index contributed by atoms with van der Waals surface area (Å²) in [5, 5.41) is 9.06. The van der Waals surface area contributed by atoms with Crippen LogP contribution in [0.5, 0.6) is 6.01 Å². The molecule has 0 saturated carbocycles. The van der Waals surface area contributed by atoms with Crippen molar-refractivity contribution < 1.29 is 9.53 Å². The Morgan fingerprint density at radius 1 is 1.40 bits per heavy atom. The Hall–Kier alpha value is -2.02. The Bertz CT molecular complexity index is 544. The average Bonchev–Trinajstić information content (AvgIpc) is 2.88. The highest BCUT2D eigenvalue weighted by Gasteiger charge is 2.07. The summed E-state index contributed by atoms with van der Waals surface area (Å²) in [5.74, 6) is 0.915. The first kappa shape index (κ1) is 14.4. The van der Waals surface area contributed by atoms with Gasteiger partial charge in [-0.05, 0) is 19.1 Å². The fourth-order valence-electron chi connectivity index (χ4n) is 1.47. The number of amides is 1. The van der Waals surface area contributed by atoms with Crippen molar-refractivity contribution in [1.29, 1.82) is 0 Å². The van der Waals surface area contributed by atoms with Crippen molar-refractivity contribution >= 4 is 23.6 Å². The molecule has 106 valence electrons. The van der Waals surface area contributed by atoms with Gasteiger partial charge < -0.3 is 4.74 Å². The molecular formula is C13H16N4O2S. The lowest BCUT2D eigenvalue weighted by molar-refractivity contribution is -0.115. The standard InChI is InChI=1S/C13H16N4O2S/c1-2-19-13-15-12(16-17-13)14-11(18)8-9-20-10-6-4-3-5-7-10/h3-7H,2,8-9H2,1H3,(H2,14,15,16,17,18). The summed E-state index contributed by atoms with van der Waals surface area (Å²) in [5.41, 5.74) is 0. The van der Waals surface area contributed by atoms with Gasteiger partial charge >= 0.3 is 6.01 Å². The number of carbonyl (C=O) groups excluding carboxylic acids is 1. The zero-order valence-corrected chi connectivity index (χ0v) is 11.9. The summed E-state index contributed by atoms with van der Waals surface area (Å²) in [6, 6.07) is 10.2. The van der Waals surface area contributed by atoms with Crippen molar-refractivity contribution in [2.75, 3.05) is 17.7 Å². The van der Waals surface area contributed by atoms with Crippen LogP contribution >= 0.6 is 11.8 Å². The molecule has 2 rings (SSSR count). The normalized spacial score (nSPS) is 10.2. The van der Waals surface area contributed by atoms with E-state index < -0.39 is 0 Å². The Labute approximate surface area is 121 Å². The molecule has 1 amide bonds. The van der Waals surface area contributed by atoms with E-state index in [4.69, 9.17) is 4.74 Å². The molecule has 0 fully saturated rings. The van der Waals surface area contributed by atoms with Gasteiger partial charge in [0.1, 0.15) is 0 Å². The van der Waals surface area contributed by atoms with Crippen LogP contribution in [0.4, 0.5) is 5.95 Å². The molecule has 0 atom stereocenters. The maximum absolute atomic E-state index is 11.7. The van der Waals surface area contributed by atoms with E-state index in [9.17, 15) is 4.79 Å². The van der Waals surface area contributed by atoms with Crippen LogP contribution in [-0.2, 0) is 4.79 Å². The van der Waals surface area contributed by atoms with Gasteiger partial charge in [-0.1, -0.05) is 18.2 Å². The first-order chi connectivity index (χ1) is 9.78. The highest BCUT2D eigenvalue weighted by molar-refractivity contribution is 7.99. The zero-order chi connectivity index (χ0) is 14.2. The van der Waals surface area contributed by atoms with E-state index in [1.165, 1.54) is 0 Å². The van der Waals surface area contributed by atoms with Crippen LogP contribution in [0.25, 0.3) is 0 Å². The molecule has 2 aromatic rings.